The molecule has 0 saturated heterocycles. The number of nitrogens with two attached hydrogens (primary N) is 1. The summed E-state index contributed by atoms with van der Waals surface area (Å²) in [4.78, 5) is 12.3. The van der Waals surface area contributed by atoms with Crippen LogP contribution in [0.3, 0.4) is 0 Å². The van der Waals surface area contributed by atoms with Crippen LogP contribution >= 0.6 is 11.6 Å². The lowest BCUT2D eigenvalue weighted by molar-refractivity contribution is 0.102. The molecule has 0 aromatic heterocycles. The van der Waals surface area contributed by atoms with Crippen molar-refractivity contribution >= 4 is 28.9 Å². The second-order valence-corrected chi connectivity index (χ2v) is 5.06. The maximum absolute atomic E-state index is 12.3. The van der Waals surface area contributed by atoms with Gasteiger partial charge in [-0.25, -0.2) is 0 Å². The van der Waals surface area contributed by atoms with E-state index in [1.807, 2.05) is 25.1 Å². The molecular formula is C16H17ClN2O. The van der Waals surface area contributed by atoms with Crippen LogP contribution in [0.25, 0.3) is 0 Å². The minimum atomic E-state index is -0.183. The molecule has 2 rings (SSSR count). The molecule has 0 fully saturated rings. The van der Waals surface area contributed by atoms with Crippen LogP contribution in [0.4, 0.5) is 11.4 Å². The maximum atomic E-state index is 12.3. The van der Waals surface area contributed by atoms with Crippen molar-refractivity contribution in [3.8, 4) is 0 Å². The highest BCUT2D eigenvalue weighted by Crippen LogP contribution is 2.23. The zero-order valence-corrected chi connectivity index (χ0v) is 12.3. The topological polar surface area (TPSA) is 55.1 Å². The zero-order valence-electron chi connectivity index (χ0n) is 11.5. The fourth-order valence-electron chi connectivity index (χ4n) is 2.07. The second kappa shape index (κ2) is 5.97. The van der Waals surface area contributed by atoms with Crippen LogP contribution in [0, 0.1) is 6.92 Å². The minimum Gasteiger partial charge on any atom is -0.398 e. The van der Waals surface area contributed by atoms with Gasteiger partial charge in [-0.05, 0) is 42.7 Å². The Morgan fingerprint density at radius 1 is 1.30 bits per heavy atom. The number of nitrogen functional groups attached to an aromatic ring is 1. The minimum absolute atomic E-state index is 0.183. The van der Waals surface area contributed by atoms with Crippen molar-refractivity contribution in [2.24, 2.45) is 0 Å². The Hall–Kier alpha value is -2.00. The summed E-state index contributed by atoms with van der Waals surface area (Å²) in [7, 11) is 0. The standard InChI is InChI=1S/C16H17ClN2O/c1-3-11-6-4-5-10(2)15(11)19-16(20)12-7-8-13(17)14(18)9-12/h4-9H,3,18H2,1-2H3,(H,19,20). The van der Waals surface area contributed by atoms with E-state index in [2.05, 4.69) is 12.2 Å². The number of amides is 1. The summed E-state index contributed by atoms with van der Waals surface area (Å²) in [6, 6.07) is 10.9. The molecule has 3 N–H and O–H groups in total. The first kappa shape index (κ1) is 14.4. The SMILES string of the molecule is CCc1cccc(C)c1NC(=O)c1ccc(Cl)c(N)c1. The summed E-state index contributed by atoms with van der Waals surface area (Å²) >= 11 is 5.86. The fourth-order valence-corrected chi connectivity index (χ4v) is 2.19. The van der Waals surface area contributed by atoms with Gasteiger partial charge in [-0.2, -0.15) is 0 Å². The summed E-state index contributed by atoms with van der Waals surface area (Å²) in [6.07, 6.45) is 0.861. The Balaban J connectivity index is 2.30. The number of rotatable bonds is 3. The first-order valence-electron chi connectivity index (χ1n) is 6.47. The molecular weight excluding hydrogens is 272 g/mol. The van der Waals surface area contributed by atoms with Crippen LogP contribution in [0.2, 0.25) is 5.02 Å². The Bertz CT molecular complexity index is 653. The van der Waals surface area contributed by atoms with Crippen molar-refractivity contribution in [3.63, 3.8) is 0 Å². The molecule has 0 aliphatic carbocycles. The highest BCUT2D eigenvalue weighted by atomic mass is 35.5. The predicted molar refractivity (Wildman–Crippen MR) is 84.4 cm³/mol. The average Bonchev–Trinajstić information content (AvgIpc) is 2.44. The molecule has 0 saturated carbocycles. The van der Waals surface area contributed by atoms with Crippen molar-refractivity contribution < 1.29 is 4.79 Å². The number of nitrogens with one attached hydrogen (secondary N) is 1. The van der Waals surface area contributed by atoms with Gasteiger partial charge in [0.05, 0.1) is 10.7 Å². The molecule has 2 aromatic rings. The Morgan fingerprint density at radius 2 is 2.05 bits per heavy atom. The molecule has 0 heterocycles. The average molecular weight is 289 g/mol. The van der Waals surface area contributed by atoms with Crippen molar-refractivity contribution in [2.45, 2.75) is 20.3 Å². The Morgan fingerprint density at radius 3 is 2.70 bits per heavy atom. The molecule has 0 bridgehead atoms. The van der Waals surface area contributed by atoms with Crippen molar-refractivity contribution in [3.05, 3.63) is 58.1 Å². The van der Waals surface area contributed by atoms with Gasteiger partial charge in [-0.1, -0.05) is 36.7 Å². The number of hydrogen-bond acceptors (Lipinski definition) is 2. The molecule has 1 amide bonds. The molecule has 0 aliphatic heterocycles. The zero-order chi connectivity index (χ0) is 14.7. The Kier molecular flexibility index (Phi) is 4.30. The van der Waals surface area contributed by atoms with Crippen LogP contribution in [0.1, 0.15) is 28.4 Å². The van der Waals surface area contributed by atoms with Crippen molar-refractivity contribution in [1.82, 2.24) is 0 Å². The van der Waals surface area contributed by atoms with Crippen LogP contribution in [0.5, 0.6) is 0 Å². The van der Waals surface area contributed by atoms with E-state index in [4.69, 9.17) is 17.3 Å². The van der Waals surface area contributed by atoms with E-state index >= 15 is 0 Å². The summed E-state index contributed by atoms with van der Waals surface area (Å²) in [6.45, 7) is 4.04. The van der Waals surface area contributed by atoms with Gasteiger partial charge in [0.25, 0.3) is 5.91 Å². The summed E-state index contributed by atoms with van der Waals surface area (Å²) in [5.41, 5.74) is 9.65. The third-order valence-electron chi connectivity index (χ3n) is 3.24. The van der Waals surface area contributed by atoms with E-state index in [9.17, 15) is 4.79 Å². The normalized spacial score (nSPS) is 10.3. The van der Waals surface area contributed by atoms with Gasteiger partial charge >= 0.3 is 0 Å². The number of benzene rings is 2. The molecule has 0 unspecified atom stereocenters. The summed E-state index contributed by atoms with van der Waals surface area (Å²) < 4.78 is 0. The molecule has 2 aromatic carbocycles. The third-order valence-corrected chi connectivity index (χ3v) is 3.58. The largest absolute Gasteiger partial charge is 0.398 e. The van der Waals surface area contributed by atoms with Gasteiger partial charge in [0.1, 0.15) is 0 Å². The number of carbonyl (C=O) groups excluding carboxylic acids is 1. The predicted octanol–water partition coefficient (Wildman–Crippen LogP) is 4.05. The molecule has 0 aliphatic rings. The Labute approximate surface area is 123 Å². The molecule has 20 heavy (non-hydrogen) atoms. The number of anilines is 2. The maximum Gasteiger partial charge on any atom is 0.255 e. The molecule has 3 nitrogen and oxygen atoms in total. The van der Waals surface area contributed by atoms with E-state index < -0.39 is 0 Å². The molecule has 0 spiro atoms. The van der Waals surface area contributed by atoms with Gasteiger partial charge < -0.3 is 11.1 Å². The number of aryl methyl sites for hydroxylation is 2. The molecule has 0 radical (unpaired) electrons. The van der Waals surface area contributed by atoms with Crippen LogP contribution < -0.4 is 11.1 Å². The van der Waals surface area contributed by atoms with E-state index in [1.165, 1.54) is 0 Å². The van der Waals surface area contributed by atoms with Gasteiger partial charge in [0.15, 0.2) is 0 Å². The van der Waals surface area contributed by atoms with Gasteiger partial charge in [0, 0.05) is 11.3 Å². The van der Waals surface area contributed by atoms with E-state index in [-0.39, 0.29) is 5.91 Å². The lowest BCUT2D eigenvalue weighted by Crippen LogP contribution is -2.14. The monoisotopic (exact) mass is 288 g/mol. The van der Waals surface area contributed by atoms with Gasteiger partial charge in [-0.3, -0.25) is 4.79 Å². The van der Waals surface area contributed by atoms with Crippen molar-refractivity contribution in [2.75, 3.05) is 11.1 Å². The van der Waals surface area contributed by atoms with Crippen LogP contribution in [0.15, 0.2) is 36.4 Å². The van der Waals surface area contributed by atoms with E-state index in [0.29, 0.717) is 16.3 Å². The number of carbonyl (C=O) groups is 1. The fraction of sp³-hybridized carbons (Fsp3) is 0.188. The highest BCUT2D eigenvalue weighted by molar-refractivity contribution is 6.33. The van der Waals surface area contributed by atoms with Crippen molar-refractivity contribution in [1.29, 1.82) is 0 Å². The summed E-state index contributed by atoms with van der Waals surface area (Å²) in [5, 5.41) is 3.41. The highest BCUT2D eigenvalue weighted by Gasteiger charge is 2.11. The number of halogens is 1. The second-order valence-electron chi connectivity index (χ2n) is 4.65. The van der Waals surface area contributed by atoms with Gasteiger partial charge in [0.2, 0.25) is 0 Å². The van der Waals surface area contributed by atoms with Crippen LogP contribution in [-0.4, -0.2) is 5.91 Å². The van der Waals surface area contributed by atoms with E-state index in [1.54, 1.807) is 18.2 Å². The molecule has 104 valence electrons. The summed E-state index contributed by atoms with van der Waals surface area (Å²) in [5.74, 6) is -0.183. The molecule has 0 atom stereocenters. The lowest BCUT2D eigenvalue weighted by Gasteiger charge is -2.13. The van der Waals surface area contributed by atoms with Gasteiger partial charge in [-0.15, -0.1) is 0 Å². The first-order chi connectivity index (χ1) is 9.52. The first-order valence-corrected chi connectivity index (χ1v) is 6.85. The van der Waals surface area contributed by atoms with E-state index in [0.717, 1.165) is 23.2 Å². The van der Waals surface area contributed by atoms with Crippen LogP contribution in [-0.2, 0) is 6.42 Å². The lowest BCUT2D eigenvalue weighted by atomic mass is 10.1. The molecule has 4 heteroatoms. The number of para-hydroxylation sites is 1. The quantitative estimate of drug-likeness (QED) is 0.837. The third kappa shape index (κ3) is 2.94. The smallest absolute Gasteiger partial charge is 0.255 e. The number of hydrogen-bond donors (Lipinski definition) is 2.